The Morgan fingerprint density at radius 2 is 0.620 bits per heavy atom. The maximum Gasteiger partial charge on any atom is 0.0714 e. The van der Waals surface area contributed by atoms with E-state index in [4.69, 9.17) is 0 Å². The van der Waals surface area contributed by atoms with E-state index in [0.29, 0.717) is 0 Å². The lowest BCUT2D eigenvalue weighted by Crippen LogP contribution is -2.29. The van der Waals surface area contributed by atoms with E-state index in [9.17, 15) is 0 Å². The van der Waals surface area contributed by atoms with Gasteiger partial charge < -0.3 is 4.90 Å². The monoisotopic (exact) mass is 913 g/mol. The largest absolute Gasteiger partial charge is 0.310 e. The highest BCUT2D eigenvalue weighted by Crippen LogP contribution is 2.60. The van der Waals surface area contributed by atoms with Gasteiger partial charge in [-0.05, 0) is 125 Å². The molecule has 2 aliphatic carbocycles. The van der Waals surface area contributed by atoms with E-state index in [1.54, 1.807) is 0 Å². The summed E-state index contributed by atoms with van der Waals surface area (Å²) in [6.45, 7) is 13.8. The molecule has 0 amide bonds. The van der Waals surface area contributed by atoms with Crippen molar-refractivity contribution in [1.82, 2.24) is 0 Å². The number of rotatable bonds is 8. The standard InChI is InChI=1S/C70H59N/c1-67(2,3)49-34-38-53(39-35-49)69(51-24-12-8-13-25-51)62-31-19-16-29-58(62)60-44-42-55(46-64(60)69)71(66-33-21-18-28-57(66)48-22-10-7-11-23-48)56-43-45-61-59-30-17-20-32-63(59)70(65(61)47-56,52-26-14-9-15-27-52)54-40-36-50(37-41-54)68(4,5)6/h7-47H,1-6H3. The molecule has 12 rings (SSSR count). The van der Waals surface area contributed by atoms with Gasteiger partial charge >= 0.3 is 0 Å². The second kappa shape index (κ2) is 16.9. The van der Waals surface area contributed by atoms with Gasteiger partial charge in [0.1, 0.15) is 0 Å². The van der Waals surface area contributed by atoms with E-state index in [-0.39, 0.29) is 10.8 Å². The number of fused-ring (bicyclic) bond motifs is 6. The van der Waals surface area contributed by atoms with Crippen LogP contribution in [0.4, 0.5) is 17.1 Å². The third-order valence-electron chi connectivity index (χ3n) is 15.6. The quantitative estimate of drug-likeness (QED) is 0.147. The fraction of sp³-hybridized carbons (Fsp3) is 0.143. The number of benzene rings is 10. The molecule has 344 valence electrons. The number of nitrogens with zero attached hydrogens (tertiary/aromatic N) is 1. The Morgan fingerprint density at radius 1 is 0.282 bits per heavy atom. The first-order chi connectivity index (χ1) is 34.5. The molecule has 0 saturated carbocycles. The average Bonchev–Trinajstić information content (AvgIpc) is 3.87. The summed E-state index contributed by atoms with van der Waals surface area (Å²) in [5, 5.41) is 0. The molecule has 2 atom stereocenters. The molecule has 1 heteroatoms. The van der Waals surface area contributed by atoms with Crippen LogP contribution >= 0.6 is 0 Å². The van der Waals surface area contributed by atoms with E-state index in [1.165, 1.54) is 89.0 Å². The van der Waals surface area contributed by atoms with Crippen molar-refractivity contribution >= 4 is 17.1 Å². The molecule has 10 aromatic rings. The zero-order valence-electron chi connectivity index (χ0n) is 41.6. The minimum absolute atomic E-state index is 0.0228. The predicted octanol–water partition coefficient (Wildman–Crippen LogP) is 18.1. The minimum Gasteiger partial charge on any atom is -0.310 e. The molecule has 0 fully saturated rings. The van der Waals surface area contributed by atoms with Crippen molar-refractivity contribution in [3.63, 3.8) is 0 Å². The summed E-state index contributed by atoms with van der Waals surface area (Å²) >= 11 is 0. The number of hydrogen-bond donors (Lipinski definition) is 0. The van der Waals surface area contributed by atoms with Crippen molar-refractivity contribution in [2.75, 3.05) is 4.90 Å². The fourth-order valence-electron chi connectivity index (χ4n) is 12.2. The highest BCUT2D eigenvalue weighted by molar-refractivity contribution is 5.94. The van der Waals surface area contributed by atoms with Gasteiger partial charge in [0.25, 0.3) is 0 Å². The van der Waals surface area contributed by atoms with Crippen LogP contribution in [0.15, 0.2) is 249 Å². The molecule has 10 aromatic carbocycles. The highest BCUT2D eigenvalue weighted by Gasteiger charge is 2.48. The van der Waals surface area contributed by atoms with Gasteiger partial charge in [0, 0.05) is 16.9 Å². The summed E-state index contributed by atoms with van der Waals surface area (Å²) in [5.41, 5.74) is 22.4. The summed E-state index contributed by atoms with van der Waals surface area (Å²) in [6.07, 6.45) is 0. The van der Waals surface area contributed by atoms with E-state index >= 15 is 0 Å². The smallest absolute Gasteiger partial charge is 0.0714 e. The molecule has 0 saturated heterocycles. The molecule has 2 aliphatic rings. The highest BCUT2D eigenvalue weighted by atomic mass is 15.1. The van der Waals surface area contributed by atoms with Gasteiger partial charge in [0.2, 0.25) is 0 Å². The van der Waals surface area contributed by atoms with Crippen LogP contribution in [0.3, 0.4) is 0 Å². The van der Waals surface area contributed by atoms with Gasteiger partial charge in [-0.1, -0.05) is 260 Å². The van der Waals surface area contributed by atoms with Crippen molar-refractivity contribution in [1.29, 1.82) is 0 Å². The zero-order chi connectivity index (χ0) is 48.5. The van der Waals surface area contributed by atoms with Crippen LogP contribution in [-0.2, 0) is 21.7 Å². The Kier molecular flexibility index (Phi) is 10.5. The second-order valence-electron chi connectivity index (χ2n) is 21.7. The summed E-state index contributed by atoms with van der Waals surface area (Å²) in [6, 6.07) is 93.9. The van der Waals surface area contributed by atoms with Gasteiger partial charge in [0.15, 0.2) is 0 Å². The van der Waals surface area contributed by atoms with E-state index in [2.05, 4.69) is 295 Å². The number of hydrogen-bond acceptors (Lipinski definition) is 1. The molecule has 0 aliphatic heterocycles. The SMILES string of the molecule is CC(C)(C)c1ccc(C2(c3ccccc3)c3ccccc3-c3ccc(N(c4ccc5c(c4)C(c4ccccc4)(c4ccc(C(C)(C)C)cc4)c4ccccc4-5)c4ccccc4-c4ccccc4)cc32)cc1. The molecule has 0 spiro atoms. The predicted molar refractivity (Wildman–Crippen MR) is 299 cm³/mol. The lowest BCUT2D eigenvalue weighted by Gasteiger charge is -2.36. The van der Waals surface area contributed by atoms with Crippen LogP contribution in [0.5, 0.6) is 0 Å². The third kappa shape index (κ3) is 6.97. The molecule has 0 bridgehead atoms. The molecule has 0 radical (unpaired) electrons. The first kappa shape index (κ1) is 44.2. The maximum absolute atomic E-state index is 2.53. The van der Waals surface area contributed by atoms with Crippen molar-refractivity contribution < 1.29 is 0 Å². The van der Waals surface area contributed by atoms with Crippen LogP contribution in [0.2, 0.25) is 0 Å². The van der Waals surface area contributed by atoms with E-state index in [0.717, 1.165) is 17.1 Å². The summed E-state index contributed by atoms with van der Waals surface area (Å²) in [7, 11) is 0. The molecule has 1 nitrogen and oxygen atoms in total. The van der Waals surface area contributed by atoms with Crippen molar-refractivity contribution in [3.05, 3.63) is 304 Å². The Labute approximate surface area is 420 Å². The Balaban J connectivity index is 1.15. The first-order valence-electron chi connectivity index (χ1n) is 25.3. The molecule has 0 N–H and O–H groups in total. The number of anilines is 3. The van der Waals surface area contributed by atoms with Gasteiger partial charge in [0.05, 0.1) is 16.5 Å². The lowest BCUT2D eigenvalue weighted by atomic mass is 9.67. The van der Waals surface area contributed by atoms with Gasteiger partial charge in [-0.25, -0.2) is 0 Å². The maximum atomic E-state index is 2.53. The van der Waals surface area contributed by atoms with Crippen molar-refractivity contribution in [2.45, 2.75) is 63.2 Å². The molecular formula is C70H59N. The summed E-state index contributed by atoms with van der Waals surface area (Å²) in [5.74, 6) is 0. The fourth-order valence-corrected chi connectivity index (χ4v) is 12.2. The molecule has 71 heavy (non-hydrogen) atoms. The first-order valence-corrected chi connectivity index (χ1v) is 25.3. The lowest BCUT2D eigenvalue weighted by molar-refractivity contribution is 0.589. The van der Waals surface area contributed by atoms with Crippen LogP contribution in [-0.4, -0.2) is 0 Å². The molecule has 0 heterocycles. The van der Waals surface area contributed by atoms with Crippen molar-refractivity contribution in [3.8, 4) is 33.4 Å². The number of para-hydroxylation sites is 1. The topological polar surface area (TPSA) is 3.24 Å². The Morgan fingerprint density at radius 3 is 1.04 bits per heavy atom. The van der Waals surface area contributed by atoms with Gasteiger partial charge in [-0.3, -0.25) is 0 Å². The second-order valence-corrected chi connectivity index (χ2v) is 21.7. The average molecular weight is 914 g/mol. The molecular weight excluding hydrogens is 855 g/mol. The van der Waals surface area contributed by atoms with Gasteiger partial charge in [-0.15, -0.1) is 0 Å². The van der Waals surface area contributed by atoms with E-state index in [1.807, 2.05) is 0 Å². The van der Waals surface area contributed by atoms with E-state index < -0.39 is 10.8 Å². The minimum atomic E-state index is -0.578. The Hall–Kier alpha value is -8.00. The van der Waals surface area contributed by atoms with Gasteiger partial charge in [-0.2, -0.15) is 0 Å². The van der Waals surface area contributed by atoms with Crippen LogP contribution in [0.25, 0.3) is 33.4 Å². The summed E-state index contributed by atoms with van der Waals surface area (Å²) in [4.78, 5) is 2.53. The van der Waals surface area contributed by atoms with Crippen LogP contribution in [0, 0.1) is 0 Å². The Bertz CT molecular complexity index is 3380. The van der Waals surface area contributed by atoms with Crippen LogP contribution in [0.1, 0.15) is 97.2 Å². The zero-order valence-corrected chi connectivity index (χ0v) is 41.6. The normalized spacial score (nSPS) is 16.7. The third-order valence-corrected chi connectivity index (χ3v) is 15.6. The summed E-state index contributed by atoms with van der Waals surface area (Å²) < 4.78 is 0. The van der Waals surface area contributed by atoms with Crippen molar-refractivity contribution in [2.24, 2.45) is 0 Å². The molecule has 0 aromatic heterocycles. The molecule has 2 unspecified atom stereocenters. The van der Waals surface area contributed by atoms with Crippen LogP contribution < -0.4 is 4.90 Å².